The van der Waals surface area contributed by atoms with Gasteiger partial charge in [-0.15, -0.1) is 0 Å². The molecule has 1 aliphatic rings. The van der Waals surface area contributed by atoms with Crippen molar-refractivity contribution in [3.05, 3.63) is 139 Å². The molecule has 9 rings (SSSR count). The van der Waals surface area contributed by atoms with E-state index in [-0.39, 0.29) is 5.92 Å². The fourth-order valence-electron chi connectivity index (χ4n) is 6.43. The van der Waals surface area contributed by atoms with E-state index in [2.05, 4.69) is 66.8 Å². The van der Waals surface area contributed by atoms with Crippen LogP contribution in [0.25, 0.3) is 77.8 Å². The second kappa shape index (κ2) is 9.89. The molecule has 3 heterocycles. The van der Waals surface area contributed by atoms with E-state index in [0.717, 1.165) is 78.4 Å². The summed E-state index contributed by atoms with van der Waals surface area (Å²) in [6.07, 6.45) is 9.31. The quantitative estimate of drug-likeness (QED) is 0.212. The highest BCUT2D eigenvalue weighted by molar-refractivity contribution is 6.19. The summed E-state index contributed by atoms with van der Waals surface area (Å²) in [7, 11) is 0. The van der Waals surface area contributed by atoms with Gasteiger partial charge < -0.3 is 8.83 Å². The van der Waals surface area contributed by atoms with Crippen LogP contribution in [0, 0.1) is 0 Å². The van der Waals surface area contributed by atoms with Gasteiger partial charge in [0, 0.05) is 38.6 Å². The fourth-order valence-corrected chi connectivity index (χ4v) is 6.43. The minimum Gasteiger partial charge on any atom is -0.456 e. The lowest BCUT2D eigenvalue weighted by atomic mass is 9.91. The molecule has 5 heteroatoms. The number of furan rings is 2. The van der Waals surface area contributed by atoms with Crippen molar-refractivity contribution >= 4 is 43.9 Å². The van der Waals surface area contributed by atoms with Crippen molar-refractivity contribution in [3.63, 3.8) is 0 Å². The molecular weight excluding hydrogens is 542 g/mol. The normalized spacial score (nSPS) is 14.8. The summed E-state index contributed by atoms with van der Waals surface area (Å²) in [5, 5.41) is 4.14. The molecule has 0 saturated carbocycles. The first-order valence-electron chi connectivity index (χ1n) is 14.8. The van der Waals surface area contributed by atoms with E-state index < -0.39 is 0 Å². The maximum atomic E-state index is 6.40. The lowest BCUT2D eigenvalue weighted by Gasteiger charge is -2.16. The second-order valence-corrected chi connectivity index (χ2v) is 11.1. The zero-order chi connectivity index (χ0) is 29.0. The Morgan fingerprint density at radius 1 is 0.523 bits per heavy atom. The Labute approximate surface area is 252 Å². The van der Waals surface area contributed by atoms with Gasteiger partial charge in [-0.2, -0.15) is 0 Å². The number of para-hydroxylation sites is 2. The van der Waals surface area contributed by atoms with Gasteiger partial charge in [0.1, 0.15) is 28.2 Å². The Kier molecular flexibility index (Phi) is 5.56. The Morgan fingerprint density at radius 3 is 1.98 bits per heavy atom. The third-order valence-electron chi connectivity index (χ3n) is 8.46. The molecule has 0 spiro atoms. The molecule has 208 valence electrons. The van der Waals surface area contributed by atoms with E-state index in [1.165, 1.54) is 0 Å². The molecule has 0 aliphatic heterocycles. The van der Waals surface area contributed by atoms with Gasteiger partial charge in [0.05, 0.1) is 0 Å². The van der Waals surface area contributed by atoms with E-state index in [4.69, 9.17) is 23.8 Å². The largest absolute Gasteiger partial charge is 0.456 e. The third kappa shape index (κ3) is 3.90. The zero-order valence-corrected chi connectivity index (χ0v) is 23.6. The molecule has 0 radical (unpaired) electrons. The first-order valence-corrected chi connectivity index (χ1v) is 14.8. The molecule has 0 N–H and O–H groups in total. The first kappa shape index (κ1) is 24.8. The van der Waals surface area contributed by atoms with E-state index >= 15 is 0 Å². The monoisotopic (exact) mass is 567 g/mol. The molecule has 44 heavy (non-hydrogen) atoms. The SMILES string of the molecule is C1=CCC(c2nc(-c3ccccc3)nc(-c3c(-c4cccc5oc6ccccc6c45)ccc4oc5ccccc5c34)n2)C=C1. The summed E-state index contributed by atoms with van der Waals surface area (Å²) in [5.41, 5.74) is 7.24. The molecule has 0 bridgehead atoms. The maximum absolute atomic E-state index is 6.40. The fraction of sp³-hybridized carbons (Fsp3) is 0.0513. The van der Waals surface area contributed by atoms with Gasteiger partial charge in [0.15, 0.2) is 11.6 Å². The Balaban J connectivity index is 1.41. The van der Waals surface area contributed by atoms with Gasteiger partial charge in [-0.3, -0.25) is 0 Å². The van der Waals surface area contributed by atoms with Crippen molar-refractivity contribution in [1.82, 2.24) is 15.0 Å². The number of aromatic nitrogens is 3. The molecule has 3 aromatic heterocycles. The van der Waals surface area contributed by atoms with Crippen LogP contribution in [0.2, 0.25) is 0 Å². The predicted molar refractivity (Wildman–Crippen MR) is 176 cm³/mol. The summed E-state index contributed by atoms with van der Waals surface area (Å²) < 4.78 is 12.7. The van der Waals surface area contributed by atoms with Gasteiger partial charge in [-0.1, -0.05) is 103 Å². The van der Waals surface area contributed by atoms with Gasteiger partial charge in [0.2, 0.25) is 0 Å². The summed E-state index contributed by atoms with van der Waals surface area (Å²) >= 11 is 0. The Bertz CT molecular complexity index is 2430. The molecule has 0 fully saturated rings. The van der Waals surface area contributed by atoms with Gasteiger partial charge >= 0.3 is 0 Å². The smallest absolute Gasteiger partial charge is 0.165 e. The minimum atomic E-state index is 0.0502. The van der Waals surface area contributed by atoms with Crippen molar-refractivity contribution in [2.45, 2.75) is 12.3 Å². The molecule has 5 aromatic carbocycles. The highest BCUT2D eigenvalue weighted by atomic mass is 16.3. The molecule has 0 amide bonds. The van der Waals surface area contributed by atoms with E-state index in [9.17, 15) is 0 Å². The highest BCUT2D eigenvalue weighted by Gasteiger charge is 2.24. The zero-order valence-electron chi connectivity index (χ0n) is 23.6. The van der Waals surface area contributed by atoms with E-state index in [0.29, 0.717) is 11.6 Å². The lowest BCUT2D eigenvalue weighted by Crippen LogP contribution is -2.08. The third-order valence-corrected chi connectivity index (χ3v) is 8.46. The molecule has 8 aromatic rings. The van der Waals surface area contributed by atoms with Crippen molar-refractivity contribution in [1.29, 1.82) is 0 Å². The van der Waals surface area contributed by atoms with Crippen LogP contribution in [-0.4, -0.2) is 15.0 Å². The molecule has 0 saturated heterocycles. The van der Waals surface area contributed by atoms with Crippen LogP contribution < -0.4 is 0 Å². The molecule has 5 nitrogen and oxygen atoms in total. The number of allylic oxidation sites excluding steroid dienone is 4. The number of fused-ring (bicyclic) bond motifs is 6. The summed E-state index contributed by atoms with van der Waals surface area (Å²) in [4.78, 5) is 15.4. The van der Waals surface area contributed by atoms with E-state index in [1.807, 2.05) is 66.7 Å². The molecule has 1 aliphatic carbocycles. The van der Waals surface area contributed by atoms with Gasteiger partial charge in [0.25, 0.3) is 0 Å². The van der Waals surface area contributed by atoms with Crippen LogP contribution >= 0.6 is 0 Å². The van der Waals surface area contributed by atoms with Crippen LogP contribution in [0.4, 0.5) is 0 Å². The van der Waals surface area contributed by atoms with Crippen LogP contribution in [0.15, 0.2) is 142 Å². The molecule has 1 atom stereocenters. The Morgan fingerprint density at radius 2 is 1.20 bits per heavy atom. The second-order valence-electron chi connectivity index (χ2n) is 11.1. The summed E-state index contributed by atoms with van der Waals surface area (Å²) in [6, 6.07) is 36.9. The summed E-state index contributed by atoms with van der Waals surface area (Å²) in [6.45, 7) is 0. The van der Waals surface area contributed by atoms with Crippen molar-refractivity contribution in [2.24, 2.45) is 0 Å². The van der Waals surface area contributed by atoms with Gasteiger partial charge in [-0.05, 0) is 47.9 Å². The van der Waals surface area contributed by atoms with Crippen molar-refractivity contribution < 1.29 is 8.83 Å². The van der Waals surface area contributed by atoms with Crippen molar-refractivity contribution in [3.8, 4) is 33.9 Å². The van der Waals surface area contributed by atoms with E-state index in [1.54, 1.807) is 0 Å². The number of hydrogen-bond acceptors (Lipinski definition) is 5. The summed E-state index contributed by atoms with van der Waals surface area (Å²) in [5.74, 6) is 2.07. The number of rotatable bonds is 4. The molecular formula is C39H25N3O2. The highest BCUT2D eigenvalue weighted by Crippen LogP contribution is 2.45. The van der Waals surface area contributed by atoms with Crippen LogP contribution in [-0.2, 0) is 0 Å². The average Bonchev–Trinajstić information content (AvgIpc) is 3.67. The standard InChI is InChI=1S/C39H25N3O2/c1-3-12-24(13-4-1)37-40-38(25-14-5-2-6-15-25)42-39(41-37)36-27(22-23-33-35(36)29-17-8-10-20-31(29)44-33)26-18-11-21-32-34(26)28-16-7-9-19-30(28)43-32/h1-14,16-23,25H,15H2. The molecule has 1 unspecified atom stereocenters. The van der Waals surface area contributed by atoms with Gasteiger partial charge in [-0.25, -0.2) is 15.0 Å². The average molecular weight is 568 g/mol. The van der Waals surface area contributed by atoms with Crippen molar-refractivity contribution in [2.75, 3.05) is 0 Å². The number of hydrogen-bond donors (Lipinski definition) is 0. The first-order chi connectivity index (χ1) is 21.8. The number of benzene rings is 5. The Hall–Kier alpha value is -5.81. The topological polar surface area (TPSA) is 65.0 Å². The lowest BCUT2D eigenvalue weighted by molar-refractivity contribution is 0.669. The van der Waals surface area contributed by atoms with Crippen LogP contribution in [0.3, 0.4) is 0 Å². The van der Waals surface area contributed by atoms with Crippen LogP contribution in [0.1, 0.15) is 18.2 Å². The predicted octanol–water partition coefficient (Wildman–Crippen LogP) is 10.3. The maximum Gasteiger partial charge on any atom is 0.165 e. The number of nitrogens with zero attached hydrogens (tertiary/aromatic N) is 3. The van der Waals surface area contributed by atoms with Crippen LogP contribution in [0.5, 0.6) is 0 Å². The minimum absolute atomic E-state index is 0.0502.